The summed E-state index contributed by atoms with van der Waals surface area (Å²) in [5, 5.41) is 7.82. The molecule has 5 aromatic rings. The molecule has 3 heteroatoms. The number of fused-ring (bicyclic) bond motifs is 5. The van der Waals surface area contributed by atoms with Gasteiger partial charge in [-0.3, -0.25) is 0 Å². The Bertz CT molecular complexity index is 1660. The van der Waals surface area contributed by atoms with Crippen LogP contribution in [0.4, 0.5) is 0 Å². The predicted molar refractivity (Wildman–Crippen MR) is 143 cm³/mol. The first kappa shape index (κ1) is 20.7. The fourth-order valence-corrected chi connectivity index (χ4v) is 9.13. The molecule has 0 saturated carbocycles. The molecule has 1 aromatic heterocycles. The van der Waals surface area contributed by atoms with Crippen LogP contribution in [0.1, 0.15) is 16.7 Å². The third-order valence-corrected chi connectivity index (χ3v) is 11.7. The Balaban J connectivity index is 1.83. The van der Waals surface area contributed by atoms with Crippen molar-refractivity contribution in [1.82, 2.24) is 0 Å². The number of hydrogen-bond donors (Lipinski definition) is 0. The molecule has 0 N–H and O–H groups in total. The van der Waals surface area contributed by atoms with E-state index in [-0.39, 0.29) is 0 Å². The molecule has 4 aromatic carbocycles. The summed E-state index contributed by atoms with van der Waals surface area (Å²) in [4.78, 5) is 0. The molecule has 0 saturated heterocycles. The van der Waals surface area contributed by atoms with Crippen molar-refractivity contribution < 1.29 is 9.30 Å². The number of aryl methyl sites for hydroxylation is 4. The van der Waals surface area contributed by atoms with Gasteiger partial charge in [-0.25, -0.2) is 0 Å². The molecule has 0 atom stereocenters. The van der Waals surface area contributed by atoms with Crippen LogP contribution in [0.25, 0.3) is 43.6 Å². The van der Waals surface area contributed by atoms with Gasteiger partial charge < -0.3 is 0 Å². The summed E-state index contributed by atoms with van der Waals surface area (Å²) in [6, 6.07) is 18.2. The zero-order chi connectivity index (χ0) is 23.2. The maximum atomic E-state index is 6.84. The summed E-state index contributed by atoms with van der Waals surface area (Å²) in [5.41, 5.74) is 6.29. The second-order valence-electron chi connectivity index (χ2n) is 10.7. The van der Waals surface area contributed by atoms with Gasteiger partial charge in [0.05, 0.1) is 0 Å². The Morgan fingerprint density at radius 2 is 1.55 bits per heavy atom. The van der Waals surface area contributed by atoms with Crippen LogP contribution in [0.15, 0.2) is 54.7 Å². The van der Waals surface area contributed by atoms with Crippen molar-refractivity contribution in [2.24, 2.45) is 7.05 Å². The SMILES string of the molecule is Cc1ccc2c(C)c3c(c(C)c2c1)-c1c2c(cc4[c]([Ge]([CH3])([CH3])[CH3])cccc4c2cc[n+]1C)O3. The second-order valence-corrected chi connectivity index (χ2v) is 21.3. The average molecular weight is 493 g/mol. The number of nitrogens with zero attached hydrogens (tertiary/aromatic N) is 1. The molecule has 1 aliphatic rings. The molecule has 0 aliphatic carbocycles. The number of ether oxygens (including phenoxy) is 1. The van der Waals surface area contributed by atoms with E-state index in [1.807, 2.05) is 0 Å². The monoisotopic (exact) mass is 494 g/mol. The Labute approximate surface area is 198 Å². The summed E-state index contributed by atoms with van der Waals surface area (Å²) in [5.74, 6) is 9.41. The molecule has 2 nitrogen and oxygen atoms in total. The van der Waals surface area contributed by atoms with E-state index in [0.717, 1.165) is 11.5 Å². The molecule has 0 unspecified atom stereocenters. The van der Waals surface area contributed by atoms with Gasteiger partial charge in [0.15, 0.2) is 0 Å². The molecule has 1 aliphatic heterocycles. The number of hydrogen-bond acceptors (Lipinski definition) is 1. The minimum absolute atomic E-state index is 0.990. The fourth-order valence-electron chi connectivity index (χ4n) is 5.75. The molecular formula is C30H30GeNO+. The molecule has 6 rings (SSSR count). The fraction of sp³-hybridized carbons (Fsp3) is 0.233. The molecule has 33 heavy (non-hydrogen) atoms. The van der Waals surface area contributed by atoms with E-state index >= 15 is 0 Å². The molecule has 0 fully saturated rings. The van der Waals surface area contributed by atoms with Crippen molar-refractivity contribution in [3.05, 3.63) is 71.4 Å². The summed E-state index contributed by atoms with van der Waals surface area (Å²) < 4.78 is 10.7. The standard InChI is InChI=1S/C30H30GeNO/c1-17-11-12-20-19(3)30-27(18(2)23(20)15-17)29-28-22(13-14-32(29)7)21-9-8-10-25(31(4,5)6)24(21)16-26(28)33-30/h8-16H,1-7H3/q+1. The third kappa shape index (κ3) is 2.83. The van der Waals surface area contributed by atoms with Crippen molar-refractivity contribution in [2.75, 3.05) is 0 Å². The van der Waals surface area contributed by atoms with Gasteiger partial charge in [0.2, 0.25) is 0 Å². The normalized spacial score (nSPS) is 12.9. The maximum absolute atomic E-state index is 6.84. The van der Waals surface area contributed by atoms with E-state index in [0.29, 0.717) is 0 Å². The molecule has 0 bridgehead atoms. The van der Waals surface area contributed by atoms with Crippen LogP contribution < -0.4 is 13.7 Å². The number of aromatic nitrogens is 1. The van der Waals surface area contributed by atoms with Gasteiger partial charge in [-0.05, 0) is 0 Å². The van der Waals surface area contributed by atoms with E-state index < -0.39 is 13.3 Å². The van der Waals surface area contributed by atoms with E-state index in [1.165, 1.54) is 64.7 Å². The molecule has 2 heterocycles. The van der Waals surface area contributed by atoms with Gasteiger partial charge in [0, 0.05) is 0 Å². The third-order valence-electron chi connectivity index (χ3n) is 7.42. The minimum atomic E-state index is -2.07. The zero-order valence-corrected chi connectivity index (χ0v) is 22.6. The van der Waals surface area contributed by atoms with Gasteiger partial charge in [-0.1, -0.05) is 0 Å². The second kappa shape index (κ2) is 6.83. The predicted octanol–water partition coefficient (Wildman–Crippen LogP) is 7.21. The van der Waals surface area contributed by atoms with E-state index in [2.05, 4.69) is 104 Å². The molecular weight excluding hydrogens is 463 g/mol. The van der Waals surface area contributed by atoms with Gasteiger partial charge in [0.1, 0.15) is 0 Å². The molecule has 0 radical (unpaired) electrons. The van der Waals surface area contributed by atoms with Gasteiger partial charge in [-0.2, -0.15) is 0 Å². The Morgan fingerprint density at radius 1 is 0.758 bits per heavy atom. The number of rotatable bonds is 1. The summed E-state index contributed by atoms with van der Waals surface area (Å²) in [6.07, 6.45) is 2.22. The Kier molecular flexibility index (Phi) is 4.29. The zero-order valence-electron chi connectivity index (χ0n) is 20.6. The summed E-state index contributed by atoms with van der Waals surface area (Å²) in [7, 11) is 2.16. The van der Waals surface area contributed by atoms with E-state index in [4.69, 9.17) is 4.74 Å². The van der Waals surface area contributed by atoms with E-state index in [1.54, 1.807) is 0 Å². The van der Waals surface area contributed by atoms with Gasteiger partial charge >= 0.3 is 199 Å². The van der Waals surface area contributed by atoms with Crippen LogP contribution >= 0.6 is 0 Å². The molecule has 0 amide bonds. The van der Waals surface area contributed by atoms with Crippen molar-refractivity contribution in [2.45, 2.75) is 38.0 Å². The van der Waals surface area contributed by atoms with Crippen LogP contribution in [-0.2, 0) is 7.05 Å². The number of pyridine rings is 1. The molecule has 164 valence electrons. The quantitative estimate of drug-likeness (QED) is 0.134. The van der Waals surface area contributed by atoms with E-state index in [9.17, 15) is 0 Å². The molecule has 0 spiro atoms. The van der Waals surface area contributed by atoms with Crippen molar-refractivity contribution >= 4 is 50.0 Å². The van der Waals surface area contributed by atoms with Crippen molar-refractivity contribution in [1.29, 1.82) is 0 Å². The topological polar surface area (TPSA) is 13.1 Å². The summed E-state index contributed by atoms with van der Waals surface area (Å²) in [6.45, 7) is 6.63. The first-order valence-electron chi connectivity index (χ1n) is 11.8. The summed E-state index contributed by atoms with van der Waals surface area (Å²) >= 11 is -2.07. The first-order valence-corrected chi connectivity index (χ1v) is 19.1. The number of benzene rings is 4. The average Bonchev–Trinajstić information content (AvgIpc) is 2.77. The van der Waals surface area contributed by atoms with Crippen LogP contribution in [-0.4, -0.2) is 13.3 Å². The Hall–Kier alpha value is -2.85. The first-order chi connectivity index (χ1) is 15.7. The van der Waals surface area contributed by atoms with Crippen LogP contribution in [0, 0.1) is 20.8 Å². The van der Waals surface area contributed by atoms with Gasteiger partial charge in [-0.15, -0.1) is 0 Å². The van der Waals surface area contributed by atoms with Crippen LogP contribution in [0.2, 0.25) is 17.3 Å². The Morgan fingerprint density at radius 3 is 2.30 bits per heavy atom. The van der Waals surface area contributed by atoms with Crippen molar-refractivity contribution in [3.8, 4) is 22.8 Å². The van der Waals surface area contributed by atoms with Crippen molar-refractivity contribution in [3.63, 3.8) is 0 Å². The van der Waals surface area contributed by atoms with Crippen LogP contribution in [0.3, 0.4) is 0 Å². The van der Waals surface area contributed by atoms with Crippen LogP contribution in [0.5, 0.6) is 11.5 Å². The van der Waals surface area contributed by atoms with Gasteiger partial charge in [0.25, 0.3) is 0 Å².